The molecule has 3 aromatic rings. The van der Waals surface area contributed by atoms with Gasteiger partial charge in [0.15, 0.2) is 17.0 Å². The van der Waals surface area contributed by atoms with E-state index in [0.717, 1.165) is 0 Å². The van der Waals surface area contributed by atoms with Crippen LogP contribution in [0.4, 0.5) is 19.0 Å². The zero-order chi connectivity index (χ0) is 19.4. The summed E-state index contributed by atoms with van der Waals surface area (Å²) in [6, 6.07) is 6.98. The van der Waals surface area contributed by atoms with Crippen molar-refractivity contribution >= 4 is 28.6 Å². The summed E-state index contributed by atoms with van der Waals surface area (Å²) in [6.45, 7) is 0.967. The van der Waals surface area contributed by atoms with Gasteiger partial charge in [-0.15, -0.1) is 5.10 Å². The van der Waals surface area contributed by atoms with Crippen molar-refractivity contribution in [1.29, 1.82) is 0 Å². The van der Waals surface area contributed by atoms with Gasteiger partial charge in [-0.2, -0.15) is 13.2 Å². The van der Waals surface area contributed by atoms with E-state index in [-0.39, 0.29) is 23.5 Å². The topological polar surface area (TPSA) is 77.8 Å². The van der Waals surface area contributed by atoms with Crippen molar-refractivity contribution in [3.63, 3.8) is 0 Å². The molecule has 0 fully saturated rings. The summed E-state index contributed by atoms with van der Waals surface area (Å²) >= 11 is 6.13. The molecule has 2 heterocycles. The van der Waals surface area contributed by atoms with E-state index >= 15 is 0 Å². The highest BCUT2D eigenvalue weighted by Gasteiger charge is 2.36. The average molecular weight is 401 g/mol. The van der Waals surface area contributed by atoms with E-state index < -0.39 is 12.0 Å². The lowest BCUT2D eigenvalue weighted by Crippen LogP contribution is -2.15. The molecule has 1 aromatic carbocycles. The van der Waals surface area contributed by atoms with Gasteiger partial charge >= 0.3 is 6.18 Å². The van der Waals surface area contributed by atoms with Crippen LogP contribution in [0.2, 0.25) is 5.02 Å². The Morgan fingerprint density at radius 1 is 1.22 bits per heavy atom. The summed E-state index contributed by atoms with van der Waals surface area (Å²) in [4.78, 5) is 7.21. The molecule has 7 nitrogen and oxygen atoms in total. The minimum Gasteiger partial charge on any atom is -0.385 e. The van der Waals surface area contributed by atoms with E-state index in [1.165, 1.54) is 4.68 Å². The summed E-state index contributed by atoms with van der Waals surface area (Å²) in [7, 11) is 1.55. The zero-order valence-corrected chi connectivity index (χ0v) is 15.0. The van der Waals surface area contributed by atoms with Crippen LogP contribution < -0.4 is 5.32 Å². The maximum absolute atomic E-state index is 13.2. The van der Waals surface area contributed by atoms with E-state index in [9.17, 15) is 13.2 Å². The average Bonchev–Trinajstić information content (AvgIpc) is 3.03. The fourth-order valence-electron chi connectivity index (χ4n) is 2.42. The highest BCUT2D eigenvalue weighted by Crippen LogP contribution is 2.30. The molecule has 27 heavy (non-hydrogen) atoms. The molecule has 144 valence electrons. The molecule has 0 aliphatic heterocycles. The van der Waals surface area contributed by atoms with Gasteiger partial charge in [-0.1, -0.05) is 35.0 Å². The van der Waals surface area contributed by atoms with Crippen LogP contribution in [0.5, 0.6) is 0 Å². The fourth-order valence-corrected chi connectivity index (χ4v) is 2.62. The Labute approximate surface area is 157 Å². The monoisotopic (exact) mass is 400 g/mol. The van der Waals surface area contributed by atoms with Gasteiger partial charge in [-0.25, -0.2) is 14.6 Å². The predicted molar refractivity (Wildman–Crippen MR) is 93.7 cm³/mol. The summed E-state index contributed by atoms with van der Waals surface area (Å²) in [5.74, 6) is -1.28. The molecule has 3 rings (SSSR count). The number of halogens is 4. The van der Waals surface area contributed by atoms with E-state index in [2.05, 4.69) is 25.6 Å². The lowest BCUT2D eigenvalue weighted by atomic mass is 10.2. The summed E-state index contributed by atoms with van der Waals surface area (Å²) in [5, 5.41) is 11.2. The minimum absolute atomic E-state index is 0.0196. The quantitative estimate of drug-likeness (QED) is 0.612. The van der Waals surface area contributed by atoms with E-state index in [0.29, 0.717) is 30.2 Å². The number of nitrogens with zero attached hydrogens (tertiary/aromatic N) is 5. The number of rotatable bonds is 7. The second-order valence-corrected chi connectivity index (χ2v) is 6.08. The minimum atomic E-state index is -4.70. The van der Waals surface area contributed by atoms with Crippen LogP contribution in [-0.2, 0) is 17.5 Å². The van der Waals surface area contributed by atoms with Crippen LogP contribution in [0.3, 0.4) is 0 Å². The number of hydrogen-bond acceptors (Lipinski definition) is 6. The smallest absolute Gasteiger partial charge is 0.385 e. The zero-order valence-electron chi connectivity index (χ0n) is 14.3. The molecular formula is C16H16ClF3N6O. The van der Waals surface area contributed by atoms with Crippen molar-refractivity contribution in [3.8, 4) is 0 Å². The number of aromatic nitrogens is 5. The molecule has 0 amide bonds. The molecule has 0 aliphatic rings. The highest BCUT2D eigenvalue weighted by molar-refractivity contribution is 6.31. The second kappa shape index (κ2) is 8.05. The predicted octanol–water partition coefficient (Wildman–Crippen LogP) is 3.39. The van der Waals surface area contributed by atoms with Gasteiger partial charge < -0.3 is 10.1 Å². The Morgan fingerprint density at radius 2 is 2.00 bits per heavy atom. The summed E-state index contributed by atoms with van der Waals surface area (Å²) in [5.41, 5.74) is 0.826. The first-order chi connectivity index (χ1) is 12.9. The normalized spacial score (nSPS) is 11.9. The van der Waals surface area contributed by atoms with Gasteiger partial charge in [0.1, 0.15) is 0 Å². The second-order valence-electron chi connectivity index (χ2n) is 5.68. The highest BCUT2D eigenvalue weighted by atomic mass is 35.5. The molecule has 2 aromatic heterocycles. The van der Waals surface area contributed by atoms with Crippen molar-refractivity contribution in [3.05, 3.63) is 40.7 Å². The first kappa shape index (κ1) is 19.3. The lowest BCUT2D eigenvalue weighted by molar-refractivity contribution is -0.144. The van der Waals surface area contributed by atoms with Gasteiger partial charge in [0.25, 0.3) is 0 Å². The van der Waals surface area contributed by atoms with Crippen LogP contribution >= 0.6 is 11.6 Å². The maximum atomic E-state index is 13.2. The number of nitrogens with one attached hydrogen (secondary N) is 1. The number of ether oxygens (including phenoxy) is 1. The summed E-state index contributed by atoms with van der Waals surface area (Å²) in [6.07, 6.45) is -4.10. The molecule has 1 N–H and O–H groups in total. The molecular weight excluding hydrogens is 385 g/mol. The van der Waals surface area contributed by atoms with Crippen molar-refractivity contribution in [1.82, 2.24) is 25.0 Å². The van der Waals surface area contributed by atoms with Gasteiger partial charge in [-0.3, -0.25) is 0 Å². The van der Waals surface area contributed by atoms with Crippen molar-refractivity contribution in [2.24, 2.45) is 0 Å². The SMILES string of the molecule is COCCCNc1nc(C(F)(F)F)nc2c1nnn2Cc1ccccc1Cl. The van der Waals surface area contributed by atoms with Crippen LogP contribution in [0, 0.1) is 0 Å². The van der Waals surface area contributed by atoms with Gasteiger partial charge in [-0.05, 0) is 18.1 Å². The molecule has 0 bridgehead atoms. The van der Waals surface area contributed by atoms with Crippen LogP contribution in [0.1, 0.15) is 17.8 Å². The number of methoxy groups -OCH3 is 1. The summed E-state index contributed by atoms with van der Waals surface area (Å²) < 4.78 is 45.9. The van der Waals surface area contributed by atoms with Gasteiger partial charge in [0, 0.05) is 25.3 Å². The molecule has 11 heteroatoms. The molecule has 0 radical (unpaired) electrons. The molecule has 0 atom stereocenters. The molecule has 0 aliphatic carbocycles. The van der Waals surface area contributed by atoms with Gasteiger partial charge in [0.2, 0.25) is 5.82 Å². The van der Waals surface area contributed by atoms with Crippen molar-refractivity contribution in [2.45, 2.75) is 19.1 Å². The number of hydrogen-bond donors (Lipinski definition) is 1. The lowest BCUT2D eigenvalue weighted by Gasteiger charge is -2.10. The Bertz CT molecular complexity index is 930. The standard InChI is InChI=1S/C16H16ClF3N6O/c1-27-8-4-7-21-13-12-14(23-15(22-13)16(18,19)20)26(25-24-12)9-10-5-2-3-6-11(10)17/h2-3,5-6H,4,7-9H2,1H3,(H,21,22,23). The molecule has 0 unspecified atom stereocenters. The third-order valence-electron chi connectivity index (χ3n) is 3.71. The first-order valence-electron chi connectivity index (χ1n) is 8.05. The third kappa shape index (κ3) is 4.45. The van der Waals surface area contributed by atoms with Crippen LogP contribution in [0.25, 0.3) is 11.2 Å². The Balaban J connectivity index is 2.00. The molecule has 0 saturated heterocycles. The van der Waals surface area contributed by atoms with Crippen LogP contribution in [0.15, 0.2) is 24.3 Å². The van der Waals surface area contributed by atoms with Crippen molar-refractivity contribution < 1.29 is 17.9 Å². The largest absolute Gasteiger partial charge is 0.451 e. The Kier molecular flexibility index (Phi) is 5.76. The number of alkyl halides is 3. The first-order valence-corrected chi connectivity index (χ1v) is 8.42. The third-order valence-corrected chi connectivity index (χ3v) is 4.08. The Morgan fingerprint density at radius 3 is 2.70 bits per heavy atom. The van der Waals surface area contributed by atoms with Gasteiger partial charge in [0.05, 0.1) is 6.54 Å². The number of anilines is 1. The fraction of sp³-hybridized carbons (Fsp3) is 0.375. The van der Waals surface area contributed by atoms with E-state index in [4.69, 9.17) is 16.3 Å². The van der Waals surface area contributed by atoms with Crippen LogP contribution in [-0.4, -0.2) is 45.2 Å². The maximum Gasteiger partial charge on any atom is 0.451 e. The molecule has 0 saturated carbocycles. The molecule has 0 spiro atoms. The number of fused-ring (bicyclic) bond motifs is 1. The Hall–Kier alpha value is -2.46. The van der Waals surface area contributed by atoms with E-state index in [1.54, 1.807) is 31.4 Å². The number of benzene rings is 1. The van der Waals surface area contributed by atoms with E-state index in [1.807, 2.05) is 0 Å². The van der Waals surface area contributed by atoms with Crippen molar-refractivity contribution in [2.75, 3.05) is 25.6 Å².